The Labute approximate surface area is 150 Å². The number of benzene rings is 2. The molecule has 2 heterocycles. The molecule has 0 saturated carbocycles. The van der Waals surface area contributed by atoms with Gasteiger partial charge in [0.2, 0.25) is 0 Å². The van der Waals surface area contributed by atoms with Gasteiger partial charge < -0.3 is 20.3 Å². The van der Waals surface area contributed by atoms with Gasteiger partial charge in [0.15, 0.2) is 0 Å². The van der Waals surface area contributed by atoms with Crippen LogP contribution in [0.4, 0.5) is 10.5 Å². The van der Waals surface area contributed by atoms with Gasteiger partial charge in [0.1, 0.15) is 6.04 Å². The SMILES string of the molecule is Cc1ccc(NC(=O)N2Cc3[nH]c4ccccc4c3CC2C(=O)O)cc1. The van der Waals surface area contributed by atoms with E-state index in [1.807, 2.05) is 43.3 Å². The van der Waals surface area contributed by atoms with E-state index in [0.717, 1.165) is 27.7 Å². The van der Waals surface area contributed by atoms with E-state index in [4.69, 9.17) is 0 Å². The summed E-state index contributed by atoms with van der Waals surface area (Å²) in [5, 5.41) is 13.5. The van der Waals surface area contributed by atoms with Crippen LogP contribution in [0.5, 0.6) is 0 Å². The zero-order valence-electron chi connectivity index (χ0n) is 14.3. The van der Waals surface area contributed by atoms with Crippen molar-refractivity contribution in [2.45, 2.75) is 25.9 Å². The number of rotatable bonds is 2. The van der Waals surface area contributed by atoms with Crippen LogP contribution in [0.15, 0.2) is 48.5 Å². The highest BCUT2D eigenvalue weighted by Gasteiger charge is 2.36. The Hall–Kier alpha value is -3.28. The second kappa shape index (κ2) is 6.22. The number of carboxylic acid groups (broad SMARTS) is 1. The summed E-state index contributed by atoms with van der Waals surface area (Å²) in [6.07, 6.45) is 0.288. The fourth-order valence-electron chi connectivity index (χ4n) is 3.47. The Morgan fingerprint density at radius 1 is 1.15 bits per heavy atom. The molecular weight excluding hydrogens is 330 g/mol. The molecule has 1 unspecified atom stereocenters. The number of amides is 2. The molecule has 1 atom stereocenters. The van der Waals surface area contributed by atoms with Gasteiger partial charge in [-0.2, -0.15) is 0 Å². The predicted octanol–water partition coefficient (Wildman–Crippen LogP) is 3.52. The quantitative estimate of drug-likeness (QED) is 0.662. The number of aliphatic carboxylic acids is 1. The number of para-hydroxylation sites is 1. The molecule has 0 radical (unpaired) electrons. The van der Waals surface area contributed by atoms with Crippen molar-refractivity contribution in [3.05, 3.63) is 65.4 Å². The first-order valence-corrected chi connectivity index (χ1v) is 8.48. The third-order valence-corrected chi connectivity index (χ3v) is 4.85. The number of hydrogen-bond donors (Lipinski definition) is 3. The summed E-state index contributed by atoms with van der Waals surface area (Å²) in [6, 6.07) is 13.9. The summed E-state index contributed by atoms with van der Waals surface area (Å²) in [5.41, 5.74) is 4.57. The van der Waals surface area contributed by atoms with Gasteiger partial charge in [-0.1, -0.05) is 35.9 Å². The lowest BCUT2D eigenvalue weighted by atomic mass is 9.97. The largest absolute Gasteiger partial charge is 0.480 e. The molecule has 1 aromatic heterocycles. The van der Waals surface area contributed by atoms with Crippen LogP contribution < -0.4 is 5.32 Å². The number of hydrogen-bond acceptors (Lipinski definition) is 2. The molecule has 2 amide bonds. The number of nitrogens with one attached hydrogen (secondary N) is 2. The molecule has 26 heavy (non-hydrogen) atoms. The number of anilines is 1. The van der Waals surface area contributed by atoms with Crippen molar-refractivity contribution in [3.8, 4) is 0 Å². The molecule has 6 nitrogen and oxygen atoms in total. The van der Waals surface area contributed by atoms with Crippen molar-refractivity contribution >= 4 is 28.6 Å². The van der Waals surface area contributed by atoms with Crippen LogP contribution in [0.25, 0.3) is 10.9 Å². The highest BCUT2D eigenvalue weighted by molar-refractivity contribution is 5.94. The predicted molar refractivity (Wildman–Crippen MR) is 99.2 cm³/mol. The molecule has 1 aliphatic rings. The van der Waals surface area contributed by atoms with Gasteiger partial charge in [0, 0.05) is 28.7 Å². The third kappa shape index (κ3) is 2.79. The normalized spacial score (nSPS) is 16.3. The molecule has 4 rings (SSSR count). The Morgan fingerprint density at radius 3 is 2.62 bits per heavy atom. The van der Waals surface area contributed by atoms with Crippen molar-refractivity contribution in [1.29, 1.82) is 0 Å². The molecule has 132 valence electrons. The van der Waals surface area contributed by atoms with E-state index in [9.17, 15) is 14.7 Å². The number of carbonyl (C=O) groups excluding carboxylic acids is 1. The van der Waals surface area contributed by atoms with E-state index in [-0.39, 0.29) is 13.0 Å². The summed E-state index contributed by atoms with van der Waals surface area (Å²) in [7, 11) is 0. The van der Waals surface area contributed by atoms with Crippen molar-refractivity contribution in [1.82, 2.24) is 9.88 Å². The number of aromatic amines is 1. The lowest BCUT2D eigenvalue weighted by molar-refractivity contribution is -0.142. The van der Waals surface area contributed by atoms with E-state index in [2.05, 4.69) is 10.3 Å². The monoisotopic (exact) mass is 349 g/mol. The average Bonchev–Trinajstić information content (AvgIpc) is 3.00. The van der Waals surface area contributed by atoms with Crippen LogP contribution >= 0.6 is 0 Å². The van der Waals surface area contributed by atoms with Crippen LogP contribution in [0.2, 0.25) is 0 Å². The van der Waals surface area contributed by atoms with Crippen LogP contribution in [0.1, 0.15) is 16.8 Å². The van der Waals surface area contributed by atoms with E-state index >= 15 is 0 Å². The molecule has 6 heteroatoms. The minimum atomic E-state index is -1.00. The number of urea groups is 1. The van der Waals surface area contributed by atoms with Crippen molar-refractivity contribution < 1.29 is 14.7 Å². The van der Waals surface area contributed by atoms with Crippen molar-refractivity contribution in [2.75, 3.05) is 5.32 Å². The average molecular weight is 349 g/mol. The number of aryl methyl sites for hydroxylation is 1. The molecule has 0 spiro atoms. The van der Waals surface area contributed by atoms with E-state index in [1.54, 1.807) is 12.1 Å². The van der Waals surface area contributed by atoms with Gasteiger partial charge in [-0.3, -0.25) is 0 Å². The maximum absolute atomic E-state index is 12.7. The number of nitrogens with zero attached hydrogens (tertiary/aromatic N) is 1. The van der Waals surface area contributed by atoms with Crippen LogP contribution in [-0.4, -0.2) is 33.0 Å². The summed E-state index contributed by atoms with van der Waals surface area (Å²) < 4.78 is 0. The van der Waals surface area contributed by atoms with E-state index in [1.165, 1.54) is 4.90 Å². The van der Waals surface area contributed by atoms with Crippen molar-refractivity contribution in [3.63, 3.8) is 0 Å². The van der Waals surface area contributed by atoms with Gasteiger partial charge in [0.25, 0.3) is 0 Å². The van der Waals surface area contributed by atoms with Crippen LogP contribution in [0.3, 0.4) is 0 Å². The molecule has 0 bridgehead atoms. The summed E-state index contributed by atoms with van der Waals surface area (Å²) in [5.74, 6) is -1.00. The zero-order chi connectivity index (χ0) is 18.3. The van der Waals surface area contributed by atoms with E-state index in [0.29, 0.717) is 5.69 Å². The molecule has 1 aliphatic heterocycles. The molecule has 0 saturated heterocycles. The number of aromatic nitrogens is 1. The minimum Gasteiger partial charge on any atom is -0.480 e. The second-order valence-electron chi connectivity index (χ2n) is 6.61. The fourth-order valence-corrected chi connectivity index (χ4v) is 3.47. The summed E-state index contributed by atoms with van der Waals surface area (Å²) in [4.78, 5) is 29.2. The first kappa shape index (κ1) is 16.2. The smallest absolute Gasteiger partial charge is 0.326 e. The minimum absolute atomic E-state index is 0.235. The topological polar surface area (TPSA) is 85.4 Å². The lowest BCUT2D eigenvalue weighted by Gasteiger charge is -2.33. The highest BCUT2D eigenvalue weighted by atomic mass is 16.4. The van der Waals surface area contributed by atoms with Gasteiger partial charge in [-0.15, -0.1) is 0 Å². The number of carbonyl (C=O) groups is 2. The zero-order valence-corrected chi connectivity index (χ0v) is 14.3. The molecule has 3 aromatic rings. The first-order valence-electron chi connectivity index (χ1n) is 8.48. The number of fused-ring (bicyclic) bond motifs is 3. The summed E-state index contributed by atoms with van der Waals surface area (Å²) >= 11 is 0. The van der Waals surface area contributed by atoms with Crippen LogP contribution in [-0.2, 0) is 17.8 Å². The van der Waals surface area contributed by atoms with E-state index < -0.39 is 18.0 Å². The Morgan fingerprint density at radius 2 is 1.88 bits per heavy atom. The maximum Gasteiger partial charge on any atom is 0.326 e. The van der Waals surface area contributed by atoms with Gasteiger partial charge in [0.05, 0.1) is 6.54 Å². The molecule has 2 aromatic carbocycles. The summed E-state index contributed by atoms with van der Waals surface area (Å²) in [6.45, 7) is 2.20. The third-order valence-electron chi connectivity index (χ3n) is 4.85. The molecule has 0 aliphatic carbocycles. The highest BCUT2D eigenvalue weighted by Crippen LogP contribution is 2.30. The fraction of sp³-hybridized carbons (Fsp3) is 0.200. The maximum atomic E-state index is 12.7. The van der Waals surface area contributed by atoms with Gasteiger partial charge in [-0.05, 0) is 30.7 Å². The van der Waals surface area contributed by atoms with Crippen molar-refractivity contribution in [2.24, 2.45) is 0 Å². The Kier molecular flexibility index (Phi) is 3.88. The second-order valence-corrected chi connectivity index (χ2v) is 6.61. The van der Waals surface area contributed by atoms with Crippen LogP contribution in [0, 0.1) is 6.92 Å². The number of carboxylic acids is 1. The molecule has 0 fully saturated rings. The first-order chi connectivity index (χ1) is 12.5. The Balaban J connectivity index is 1.65. The molecule has 3 N–H and O–H groups in total. The number of H-pyrrole nitrogens is 1. The Bertz CT molecular complexity index is 991. The van der Waals surface area contributed by atoms with Gasteiger partial charge >= 0.3 is 12.0 Å². The standard InChI is InChI=1S/C20H19N3O3/c1-12-6-8-13(9-7-12)21-20(26)23-11-17-15(10-18(23)19(24)25)14-4-2-3-5-16(14)22-17/h2-9,18,22H,10-11H2,1H3,(H,21,26)(H,24,25). The van der Waals surface area contributed by atoms with Gasteiger partial charge in [-0.25, -0.2) is 9.59 Å². The lowest BCUT2D eigenvalue weighted by Crippen LogP contribution is -2.50. The molecular formula is C20H19N3O3.